The Morgan fingerprint density at radius 3 is 2.67 bits per heavy atom. The summed E-state index contributed by atoms with van der Waals surface area (Å²) in [4.78, 5) is 0. The molecule has 1 atom stereocenters. The number of benzene rings is 1. The molecule has 1 heterocycles. The van der Waals surface area contributed by atoms with Gasteiger partial charge in [0.2, 0.25) is 0 Å². The molecule has 0 bridgehead atoms. The molecule has 1 unspecified atom stereocenters. The zero-order chi connectivity index (χ0) is 8.23. The van der Waals surface area contributed by atoms with Crippen LogP contribution in [-0.4, -0.2) is 13.1 Å². The minimum absolute atomic E-state index is 0.469. The number of piperazine rings is 1. The lowest BCUT2D eigenvalue weighted by Gasteiger charge is -2.24. The molecular weight excluding hydrogens is 148 g/mol. The molecule has 1 aliphatic heterocycles. The smallest absolute Gasteiger partial charge is 0.0447 e. The van der Waals surface area contributed by atoms with E-state index in [1.807, 2.05) is 6.07 Å². The fraction of sp³-hybridized carbons (Fsp3) is 0.300. The summed E-state index contributed by atoms with van der Waals surface area (Å²) in [6.07, 6.45) is 0. The predicted molar refractivity (Wildman–Crippen MR) is 49.5 cm³/mol. The van der Waals surface area contributed by atoms with Crippen LogP contribution >= 0.6 is 0 Å². The molecule has 0 saturated carbocycles. The van der Waals surface area contributed by atoms with Gasteiger partial charge >= 0.3 is 0 Å². The molecule has 1 radical (unpaired) electrons. The first kappa shape index (κ1) is 7.77. The van der Waals surface area contributed by atoms with Crippen molar-refractivity contribution in [2.75, 3.05) is 13.1 Å². The number of nitrogens with one attached hydrogen (secondary N) is 2. The summed E-state index contributed by atoms with van der Waals surface area (Å²) in [5, 5.41) is 6.66. The Bertz CT molecular complexity index is 227. The standard InChI is InChI=1S/C10H13N2/c1-2-4-9(5-3-1)10-8-11-6-7-12-10/h1-6,10-12H,7-8H2. The quantitative estimate of drug-likeness (QED) is 0.644. The fourth-order valence-electron chi connectivity index (χ4n) is 1.47. The summed E-state index contributed by atoms with van der Waals surface area (Å²) in [7, 11) is 0. The molecule has 0 aromatic heterocycles. The van der Waals surface area contributed by atoms with E-state index in [1.165, 1.54) is 5.56 Å². The van der Waals surface area contributed by atoms with Gasteiger partial charge in [0.25, 0.3) is 0 Å². The van der Waals surface area contributed by atoms with Crippen LogP contribution in [-0.2, 0) is 0 Å². The van der Waals surface area contributed by atoms with Crippen LogP contribution in [0, 0.1) is 6.54 Å². The maximum atomic E-state index is 3.42. The van der Waals surface area contributed by atoms with Crippen molar-refractivity contribution in [1.82, 2.24) is 10.6 Å². The first-order valence-corrected chi connectivity index (χ1v) is 4.30. The summed E-state index contributed by atoms with van der Waals surface area (Å²) in [6.45, 7) is 3.99. The highest BCUT2D eigenvalue weighted by Crippen LogP contribution is 2.12. The van der Waals surface area contributed by atoms with Crippen LogP contribution in [0.2, 0.25) is 0 Å². The lowest BCUT2D eigenvalue weighted by molar-refractivity contribution is 0.469. The summed E-state index contributed by atoms with van der Waals surface area (Å²) in [5.41, 5.74) is 1.36. The van der Waals surface area contributed by atoms with E-state index in [0.29, 0.717) is 6.04 Å². The van der Waals surface area contributed by atoms with E-state index in [-0.39, 0.29) is 0 Å². The van der Waals surface area contributed by atoms with Crippen LogP contribution in [0.25, 0.3) is 0 Å². The van der Waals surface area contributed by atoms with Crippen LogP contribution in [0.1, 0.15) is 11.6 Å². The Balaban J connectivity index is 2.08. The fourth-order valence-corrected chi connectivity index (χ4v) is 1.47. The minimum Gasteiger partial charge on any atom is -0.309 e. The van der Waals surface area contributed by atoms with Gasteiger partial charge in [0, 0.05) is 25.7 Å². The highest BCUT2D eigenvalue weighted by molar-refractivity contribution is 5.19. The van der Waals surface area contributed by atoms with Crippen LogP contribution in [0.4, 0.5) is 0 Å². The first-order valence-electron chi connectivity index (χ1n) is 4.30. The van der Waals surface area contributed by atoms with Crippen molar-refractivity contribution in [3.05, 3.63) is 42.4 Å². The van der Waals surface area contributed by atoms with E-state index in [4.69, 9.17) is 0 Å². The molecule has 2 N–H and O–H groups in total. The molecule has 0 amide bonds. The highest BCUT2D eigenvalue weighted by Gasteiger charge is 2.12. The molecule has 1 aromatic rings. The second kappa shape index (κ2) is 3.70. The Kier molecular flexibility index (Phi) is 2.39. The van der Waals surface area contributed by atoms with Gasteiger partial charge in [0.1, 0.15) is 0 Å². The maximum Gasteiger partial charge on any atom is 0.0447 e. The van der Waals surface area contributed by atoms with Crippen molar-refractivity contribution in [3.63, 3.8) is 0 Å². The van der Waals surface area contributed by atoms with E-state index >= 15 is 0 Å². The van der Waals surface area contributed by atoms with Crippen LogP contribution in [0.15, 0.2) is 30.3 Å². The molecule has 0 spiro atoms. The number of hydrogen-bond acceptors (Lipinski definition) is 2. The van der Waals surface area contributed by atoms with Gasteiger partial charge in [-0.3, -0.25) is 0 Å². The molecule has 1 saturated heterocycles. The van der Waals surface area contributed by atoms with Gasteiger partial charge in [0.15, 0.2) is 0 Å². The Morgan fingerprint density at radius 2 is 2.00 bits per heavy atom. The average Bonchev–Trinajstić information content (AvgIpc) is 2.21. The SMILES string of the molecule is [CH]1CNC(c2ccccc2)CN1. The zero-order valence-corrected chi connectivity index (χ0v) is 6.96. The molecule has 2 nitrogen and oxygen atoms in total. The lowest BCUT2D eigenvalue weighted by atomic mass is 10.1. The summed E-state index contributed by atoms with van der Waals surface area (Å²) < 4.78 is 0. The van der Waals surface area contributed by atoms with Crippen molar-refractivity contribution in [1.29, 1.82) is 0 Å². The van der Waals surface area contributed by atoms with Gasteiger partial charge in [-0.05, 0) is 5.56 Å². The van der Waals surface area contributed by atoms with Crippen LogP contribution in [0.5, 0.6) is 0 Å². The van der Waals surface area contributed by atoms with Crippen molar-refractivity contribution < 1.29 is 0 Å². The van der Waals surface area contributed by atoms with Crippen molar-refractivity contribution in [3.8, 4) is 0 Å². The summed E-state index contributed by atoms with van der Waals surface area (Å²) >= 11 is 0. The van der Waals surface area contributed by atoms with Crippen LogP contribution < -0.4 is 10.6 Å². The zero-order valence-electron chi connectivity index (χ0n) is 6.96. The Labute approximate surface area is 73.0 Å². The van der Waals surface area contributed by atoms with E-state index in [1.54, 1.807) is 0 Å². The molecule has 2 heteroatoms. The second-order valence-corrected chi connectivity index (χ2v) is 2.98. The van der Waals surface area contributed by atoms with E-state index in [0.717, 1.165) is 13.1 Å². The predicted octanol–water partition coefficient (Wildman–Crippen LogP) is 1.08. The average molecular weight is 161 g/mol. The molecule has 2 rings (SSSR count). The molecule has 1 aliphatic rings. The van der Waals surface area contributed by atoms with E-state index < -0.39 is 0 Å². The van der Waals surface area contributed by atoms with Crippen LogP contribution in [0.3, 0.4) is 0 Å². The first-order chi connectivity index (χ1) is 5.97. The van der Waals surface area contributed by atoms with Gasteiger partial charge in [-0.15, -0.1) is 0 Å². The number of hydrogen-bond donors (Lipinski definition) is 2. The van der Waals surface area contributed by atoms with E-state index in [9.17, 15) is 0 Å². The third kappa shape index (κ3) is 1.65. The Hall–Kier alpha value is -0.860. The molecule has 63 valence electrons. The van der Waals surface area contributed by atoms with E-state index in [2.05, 4.69) is 41.4 Å². The third-order valence-electron chi connectivity index (χ3n) is 2.13. The second-order valence-electron chi connectivity index (χ2n) is 2.98. The number of rotatable bonds is 1. The minimum atomic E-state index is 0.469. The van der Waals surface area contributed by atoms with Gasteiger partial charge in [-0.1, -0.05) is 30.3 Å². The van der Waals surface area contributed by atoms with Crippen molar-refractivity contribution in [2.45, 2.75) is 6.04 Å². The molecule has 12 heavy (non-hydrogen) atoms. The third-order valence-corrected chi connectivity index (χ3v) is 2.13. The molecule has 0 aliphatic carbocycles. The normalized spacial score (nSPS) is 23.8. The largest absolute Gasteiger partial charge is 0.309 e. The van der Waals surface area contributed by atoms with Gasteiger partial charge in [-0.2, -0.15) is 0 Å². The van der Waals surface area contributed by atoms with Gasteiger partial charge in [-0.25, -0.2) is 0 Å². The van der Waals surface area contributed by atoms with Crippen molar-refractivity contribution >= 4 is 0 Å². The highest BCUT2D eigenvalue weighted by atomic mass is 15.0. The molecule has 1 fully saturated rings. The molecular formula is C10H13N2. The topological polar surface area (TPSA) is 24.1 Å². The Morgan fingerprint density at radius 1 is 1.17 bits per heavy atom. The molecule has 1 aromatic carbocycles. The lowest BCUT2D eigenvalue weighted by Crippen LogP contribution is -2.39. The van der Waals surface area contributed by atoms with Crippen molar-refractivity contribution in [2.24, 2.45) is 0 Å². The van der Waals surface area contributed by atoms with Gasteiger partial charge in [0.05, 0.1) is 0 Å². The monoisotopic (exact) mass is 161 g/mol. The summed E-state index contributed by atoms with van der Waals surface area (Å²) in [5.74, 6) is 0. The summed E-state index contributed by atoms with van der Waals surface area (Å²) in [6, 6.07) is 11.0. The van der Waals surface area contributed by atoms with Gasteiger partial charge < -0.3 is 10.6 Å². The maximum absolute atomic E-state index is 3.42.